The predicted octanol–water partition coefficient (Wildman–Crippen LogP) is 3.80. The van der Waals surface area contributed by atoms with E-state index in [1.807, 2.05) is 25.7 Å². The van der Waals surface area contributed by atoms with Crippen molar-refractivity contribution in [1.29, 1.82) is 0 Å². The number of hydrogen-bond acceptors (Lipinski definition) is 3. The summed E-state index contributed by atoms with van der Waals surface area (Å²) in [5.74, 6) is 0.739. The second-order valence-electron chi connectivity index (χ2n) is 7.21. The lowest BCUT2D eigenvalue weighted by atomic mass is 10.0. The minimum Gasteiger partial charge on any atom is -0.444 e. The quantitative estimate of drug-likeness (QED) is 0.839. The Hall–Kier alpha value is -0.770. The molecule has 1 aliphatic heterocycles. The third-order valence-corrected chi connectivity index (χ3v) is 4.17. The van der Waals surface area contributed by atoms with E-state index in [9.17, 15) is 4.79 Å². The topological polar surface area (TPSA) is 41.6 Å². The van der Waals surface area contributed by atoms with Gasteiger partial charge in [0.05, 0.1) is 0 Å². The summed E-state index contributed by atoms with van der Waals surface area (Å²) in [6.07, 6.45) is 5.67. The lowest BCUT2D eigenvalue weighted by Gasteiger charge is -2.29. The van der Waals surface area contributed by atoms with Gasteiger partial charge < -0.3 is 15.0 Å². The Morgan fingerprint density at radius 1 is 1.29 bits per heavy atom. The Labute approximate surface area is 130 Å². The third kappa shape index (κ3) is 7.16. The monoisotopic (exact) mass is 298 g/mol. The van der Waals surface area contributed by atoms with Crippen LogP contribution in [0.3, 0.4) is 0 Å². The van der Waals surface area contributed by atoms with Crippen LogP contribution < -0.4 is 5.32 Å². The molecule has 0 aromatic carbocycles. The maximum absolute atomic E-state index is 12.2. The van der Waals surface area contributed by atoms with Crippen LogP contribution in [0.4, 0.5) is 4.79 Å². The standard InChI is InChI=1S/C17H34N2O2/c1-6-14(7-2)12-18-15-10-8-9-11-19(13-15)16(20)21-17(3,4)5/h14-15,18H,6-13H2,1-5H3. The van der Waals surface area contributed by atoms with Gasteiger partial charge in [-0.2, -0.15) is 0 Å². The van der Waals surface area contributed by atoms with Crippen molar-refractivity contribution in [3.8, 4) is 0 Å². The molecule has 0 saturated carbocycles. The Bertz CT molecular complexity index is 308. The van der Waals surface area contributed by atoms with Crippen LogP contribution in [0, 0.1) is 5.92 Å². The molecule has 0 aromatic rings. The summed E-state index contributed by atoms with van der Waals surface area (Å²) >= 11 is 0. The van der Waals surface area contributed by atoms with E-state index >= 15 is 0 Å². The fourth-order valence-electron chi connectivity index (χ4n) is 2.71. The minimum atomic E-state index is -0.415. The molecule has 0 aliphatic carbocycles. The summed E-state index contributed by atoms with van der Waals surface area (Å²) in [5, 5.41) is 3.66. The molecule has 1 amide bonds. The maximum Gasteiger partial charge on any atom is 0.410 e. The van der Waals surface area contributed by atoms with Gasteiger partial charge >= 0.3 is 6.09 Å². The number of amides is 1. The second-order valence-corrected chi connectivity index (χ2v) is 7.21. The molecular formula is C17H34N2O2. The maximum atomic E-state index is 12.2. The number of carbonyl (C=O) groups excluding carboxylic acids is 1. The molecule has 4 nitrogen and oxygen atoms in total. The van der Waals surface area contributed by atoms with Crippen molar-refractivity contribution in [3.05, 3.63) is 0 Å². The molecule has 124 valence electrons. The van der Waals surface area contributed by atoms with Gasteiger partial charge in [0.2, 0.25) is 0 Å². The van der Waals surface area contributed by atoms with Crippen molar-refractivity contribution in [2.75, 3.05) is 19.6 Å². The largest absolute Gasteiger partial charge is 0.444 e. The summed E-state index contributed by atoms with van der Waals surface area (Å²) < 4.78 is 5.51. The molecule has 4 heteroatoms. The number of ether oxygens (including phenoxy) is 1. The lowest BCUT2D eigenvalue weighted by Crippen LogP contribution is -2.45. The van der Waals surface area contributed by atoms with E-state index in [0.29, 0.717) is 6.04 Å². The zero-order valence-corrected chi connectivity index (χ0v) is 14.6. The van der Waals surface area contributed by atoms with Crippen LogP contribution in [0.15, 0.2) is 0 Å². The fraction of sp³-hybridized carbons (Fsp3) is 0.941. The molecular weight excluding hydrogens is 264 g/mol. The average Bonchev–Trinajstić information content (AvgIpc) is 2.63. The van der Waals surface area contributed by atoms with Crippen LogP contribution in [0.1, 0.15) is 66.7 Å². The van der Waals surface area contributed by atoms with Gasteiger partial charge in [-0.25, -0.2) is 4.79 Å². The molecule has 0 radical (unpaired) electrons. The number of rotatable bonds is 5. The molecule has 1 saturated heterocycles. The van der Waals surface area contributed by atoms with E-state index in [2.05, 4.69) is 19.2 Å². The number of hydrogen-bond donors (Lipinski definition) is 1. The van der Waals surface area contributed by atoms with Crippen molar-refractivity contribution < 1.29 is 9.53 Å². The first-order chi connectivity index (χ1) is 9.85. The van der Waals surface area contributed by atoms with Crippen LogP contribution in [-0.4, -0.2) is 42.3 Å². The van der Waals surface area contributed by atoms with Crippen LogP contribution in [0.2, 0.25) is 0 Å². The molecule has 0 bridgehead atoms. The van der Waals surface area contributed by atoms with Gasteiger partial charge in [-0.1, -0.05) is 33.1 Å². The highest BCUT2D eigenvalue weighted by Crippen LogP contribution is 2.16. The number of carbonyl (C=O) groups is 1. The molecule has 0 spiro atoms. The van der Waals surface area contributed by atoms with E-state index in [1.165, 1.54) is 19.3 Å². The average molecular weight is 298 g/mol. The highest BCUT2D eigenvalue weighted by atomic mass is 16.6. The van der Waals surface area contributed by atoms with E-state index in [0.717, 1.165) is 38.4 Å². The highest BCUT2D eigenvalue weighted by Gasteiger charge is 2.26. The predicted molar refractivity (Wildman–Crippen MR) is 87.5 cm³/mol. The molecule has 1 rings (SSSR count). The lowest BCUT2D eigenvalue weighted by molar-refractivity contribution is 0.0243. The molecule has 21 heavy (non-hydrogen) atoms. The van der Waals surface area contributed by atoms with Crippen molar-refractivity contribution in [2.24, 2.45) is 5.92 Å². The highest BCUT2D eigenvalue weighted by molar-refractivity contribution is 5.68. The molecule has 1 N–H and O–H groups in total. The second kappa shape index (κ2) is 8.62. The Kier molecular flexibility index (Phi) is 7.50. The molecule has 1 aliphatic rings. The number of nitrogens with one attached hydrogen (secondary N) is 1. The van der Waals surface area contributed by atoms with E-state index in [4.69, 9.17) is 4.74 Å². The van der Waals surface area contributed by atoms with Crippen LogP contribution in [0.25, 0.3) is 0 Å². The van der Waals surface area contributed by atoms with Crippen molar-refractivity contribution in [1.82, 2.24) is 10.2 Å². The zero-order valence-electron chi connectivity index (χ0n) is 14.6. The van der Waals surface area contributed by atoms with Gasteiger partial charge in [-0.05, 0) is 46.1 Å². The number of nitrogens with zero attached hydrogens (tertiary/aromatic N) is 1. The van der Waals surface area contributed by atoms with Gasteiger partial charge in [-0.3, -0.25) is 0 Å². The van der Waals surface area contributed by atoms with Gasteiger partial charge in [0.15, 0.2) is 0 Å². The Morgan fingerprint density at radius 3 is 2.52 bits per heavy atom. The summed E-state index contributed by atoms with van der Waals surface area (Å²) in [4.78, 5) is 14.1. The first-order valence-electron chi connectivity index (χ1n) is 8.57. The van der Waals surface area contributed by atoms with Crippen molar-refractivity contribution in [2.45, 2.75) is 78.4 Å². The SMILES string of the molecule is CCC(CC)CNC1CCCCN(C(=O)OC(C)(C)C)C1. The third-order valence-electron chi connectivity index (χ3n) is 4.17. The van der Waals surface area contributed by atoms with Crippen LogP contribution in [-0.2, 0) is 4.74 Å². The van der Waals surface area contributed by atoms with Gasteiger partial charge in [-0.15, -0.1) is 0 Å². The molecule has 1 atom stereocenters. The van der Waals surface area contributed by atoms with Crippen molar-refractivity contribution >= 4 is 6.09 Å². The first kappa shape index (κ1) is 18.3. The fourth-order valence-corrected chi connectivity index (χ4v) is 2.71. The normalized spacial score (nSPS) is 20.5. The first-order valence-corrected chi connectivity index (χ1v) is 8.57. The molecule has 0 aromatic heterocycles. The summed E-state index contributed by atoms with van der Waals surface area (Å²) in [5.41, 5.74) is -0.415. The molecule has 1 heterocycles. The summed E-state index contributed by atoms with van der Waals surface area (Å²) in [7, 11) is 0. The van der Waals surface area contributed by atoms with Crippen molar-refractivity contribution in [3.63, 3.8) is 0 Å². The number of likely N-dealkylation sites (tertiary alicyclic amines) is 1. The summed E-state index contributed by atoms with van der Waals surface area (Å²) in [6.45, 7) is 12.9. The minimum absolute atomic E-state index is 0.168. The van der Waals surface area contributed by atoms with Gasteiger partial charge in [0, 0.05) is 19.1 Å². The smallest absolute Gasteiger partial charge is 0.410 e. The van der Waals surface area contributed by atoms with E-state index in [-0.39, 0.29) is 6.09 Å². The summed E-state index contributed by atoms with van der Waals surface area (Å²) in [6, 6.07) is 0.403. The van der Waals surface area contributed by atoms with Crippen LogP contribution >= 0.6 is 0 Å². The van der Waals surface area contributed by atoms with E-state index < -0.39 is 5.60 Å². The Morgan fingerprint density at radius 2 is 1.95 bits per heavy atom. The van der Waals surface area contributed by atoms with Gasteiger partial charge in [0.1, 0.15) is 5.60 Å². The zero-order chi connectivity index (χ0) is 15.9. The van der Waals surface area contributed by atoms with E-state index in [1.54, 1.807) is 0 Å². The molecule has 1 fully saturated rings. The van der Waals surface area contributed by atoms with Crippen LogP contribution in [0.5, 0.6) is 0 Å². The molecule has 1 unspecified atom stereocenters. The van der Waals surface area contributed by atoms with Gasteiger partial charge in [0.25, 0.3) is 0 Å². The Balaban J connectivity index is 2.50.